The van der Waals surface area contributed by atoms with Gasteiger partial charge in [-0.3, -0.25) is 14.9 Å². The molecule has 0 atom stereocenters. The number of nitrogens with zero attached hydrogens (tertiary/aromatic N) is 4. The summed E-state index contributed by atoms with van der Waals surface area (Å²) in [6, 6.07) is 5.76. The lowest BCUT2D eigenvalue weighted by atomic mass is 10.0. The lowest BCUT2D eigenvalue weighted by molar-refractivity contribution is -0.125. The smallest absolute Gasteiger partial charge is 0.249 e. The van der Waals surface area contributed by atoms with Crippen molar-refractivity contribution in [3.8, 4) is 0 Å². The molecular weight excluding hydrogens is 318 g/mol. The quantitative estimate of drug-likeness (QED) is 0.864. The van der Waals surface area contributed by atoms with Crippen LogP contribution in [0.3, 0.4) is 0 Å². The number of fused-ring (bicyclic) bond motifs is 1. The van der Waals surface area contributed by atoms with Gasteiger partial charge < -0.3 is 4.90 Å². The number of pyridine rings is 1. The van der Waals surface area contributed by atoms with Gasteiger partial charge in [0.05, 0.1) is 5.69 Å². The topological polar surface area (TPSA) is 79.6 Å². The summed E-state index contributed by atoms with van der Waals surface area (Å²) >= 11 is 0. The SMILES string of the molecule is C=CC(=O)N1CC=C(c2cccc3nc(NC(=O)C4CC4)nn23)CC1. The van der Waals surface area contributed by atoms with E-state index in [9.17, 15) is 9.59 Å². The van der Waals surface area contributed by atoms with Gasteiger partial charge in [-0.25, -0.2) is 4.52 Å². The van der Waals surface area contributed by atoms with Crippen LogP contribution in [-0.4, -0.2) is 44.4 Å². The van der Waals surface area contributed by atoms with Crippen LogP contribution in [0.5, 0.6) is 0 Å². The molecule has 1 aliphatic carbocycles. The second kappa shape index (κ2) is 6.16. The number of hydrogen-bond acceptors (Lipinski definition) is 4. The van der Waals surface area contributed by atoms with Crippen LogP contribution in [0.4, 0.5) is 5.95 Å². The minimum atomic E-state index is -0.0562. The first-order chi connectivity index (χ1) is 12.2. The summed E-state index contributed by atoms with van der Waals surface area (Å²) in [5.74, 6) is 0.386. The van der Waals surface area contributed by atoms with Crippen molar-refractivity contribution in [2.24, 2.45) is 5.92 Å². The molecule has 128 valence electrons. The Hall–Kier alpha value is -2.96. The molecule has 3 heterocycles. The Labute approximate surface area is 145 Å². The first-order valence-corrected chi connectivity index (χ1v) is 8.43. The highest BCUT2D eigenvalue weighted by Crippen LogP contribution is 2.30. The lowest BCUT2D eigenvalue weighted by Gasteiger charge is -2.25. The minimum Gasteiger partial charge on any atom is -0.335 e. The van der Waals surface area contributed by atoms with E-state index in [1.54, 1.807) is 9.42 Å². The van der Waals surface area contributed by atoms with Crippen molar-refractivity contribution >= 4 is 29.0 Å². The maximum Gasteiger partial charge on any atom is 0.249 e. The summed E-state index contributed by atoms with van der Waals surface area (Å²) in [7, 11) is 0. The van der Waals surface area contributed by atoms with Crippen molar-refractivity contribution in [2.45, 2.75) is 19.3 Å². The average Bonchev–Trinajstić information content (AvgIpc) is 3.41. The number of carbonyl (C=O) groups is 2. The van der Waals surface area contributed by atoms with Gasteiger partial charge in [0, 0.05) is 19.0 Å². The molecule has 1 N–H and O–H groups in total. The number of nitrogens with one attached hydrogen (secondary N) is 1. The van der Waals surface area contributed by atoms with Crippen LogP contribution in [0.1, 0.15) is 25.0 Å². The van der Waals surface area contributed by atoms with Gasteiger partial charge in [-0.2, -0.15) is 4.98 Å². The highest BCUT2D eigenvalue weighted by atomic mass is 16.2. The zero-order valence-corrected chi connectivity index (χ0v) is 13.8. The van der Waals surface area contributed by atoms with Crippen molar-refractivity contribution in [2.75, 3.05) is 18.4 Å². The van der Waals surface area contributed by atoms with Crippen molar-refractivity contribution in [3.63, 3.8) is 0 Å². The molecule has 7 heteroatoms. The predicted octanol–water partition coefficient (Wildman–Crippen LogP) is 1.88. The Morgan fingerprint density at radius 3 is 2.84 bits per heavy atom. The molecule has 0 spiro atoms. The molecule has 4 rings (SSSR count). The first kappa shape index (κ1) is 15.6. The molecule has 0 aromatic carbocycles. The fourth-order valence-electron chi connectivity index (χ4n) is 2.99. The zero-order chi connectivity index (χ0) is 17.4. The molecule has 0 unspecified atom stereocenters. The molecule has 2 amide bonds. The number of rotatable bonds is 4. The van der Waals surface area contributed by atoms with Crippen molar-refractivity contribution in [3.05, 3.63) is 42.6 Å². The third-order valence-corrected chi connectivity index (χ3v) is 4.57. The number of hydrogen-bond donors (Lipinski definition) is 1. The molecule has 25 heavy (non-hydrogen) atoms. The van der Waals surface area contributed by atoms with Gasteiger partial charge in [-0.1, -0.05) is 18.7 Å². The van der Waals surface area contributed by atoms with E-state index in [2.05, 4.69) is 22.0 Å². The third-order valence-electron chi connectivity index (χ3n) is 4.57. The van der Waals surface area contributed by atoms with Crippen molar-refractivity contribution < 1.29 is 9.59 Å². The number of carbonyl (C=O) groups excluding carboxylic acids is 2. The van der Waals surface area contributed by atoms with Crippen molar-refractivity contribution in [1.82, 2.24) is 19.5 Å². The van der Waals surface area contributed by atoms with Gasteiger partial charge in [0.25, 0.3) is 0 Å². The van der Waals surface area contributed by atoms with Crippen LogP contribution in [-0.2, 0) is 9.59 Å². The predicted molar refractivity (Wildman–Crippen MR) is 93.7 cm³/mol. The largest absolute Gasteiger partial charge is 0.335 e. The number of aromatic nitrogens is 3. The van der Waals surface area contributed by atoms with E-state index in [0.717, 1.165) is 30.5 Å². The van der Waals surface area contributed by atoms with E-state index in [1.807, 2.05) is 24.3 Å². The van der Waals surface area contributed by atoms with Gasteiger partial charge in [0.2, 0.25) is 17.8 Å². The van der Waals surface area contributed by atoms with E-state index in [0.29, 0.717) is 24.7 Å². The Balaban J connectivity index is 1.60. The molecule has 2 aromatic heterocycles. The number of anilines is 1. The normalized spacial score (nSPS) is 17.3. The highest BCUT2D eigenvalue weighted by molar-refractivity contribution is 5.92. The van der Waals surface area contributed by atoms with Gasteiger partial charge in [0.15, 0.2) is 5.65 Å². The van der Waals surface area contributed by atoms with Gasteiger partial charge >= 0.3 is 0 Å². The van der Waals surface area contributed by atoms with Gasteiger partial charge in [-0.15, -0.1) is 5.10 Å². The first-order valence-electron chi connectivity index (χ1n) is 8.43. The third kappa shape index (κ3) is 3.05. The Kier molecular flexibility index (Phi) is 3.83. The molecule has 0 saturated heterocycles. The summed E-state index contributed by atoms with van der Waals surface area (Å²) in [6.07, 6.45) is 5.99. The Morgan fingerprint density at radius 2 is 2.16 bits per heavy atom. The maximum absolute atomic E-state index is 11.9. The molecular formula is C18H19N5O2. The maximum atomic E-state index is 11.9. The fourth-order valence-corrected chi connectivity index (χ4v) is 2.99. The van der Waals surface area contributed by atoms with Crippen LogP contribution >= 0.6 is 0 Å². The molecule has 1 saturated carbocycles. The van der Waals surface area contributed by atoms with Crippen LogP contribution in [0.15, 0.2) is 36.9 Å². The van der Waals surface area contributed by atoms with Crippen LogP contribution in [0, 0.1) is 5.92 Å². The van der Waals surface area contributed by atoms with Gasteiger partial charge in [-0.05, 0) is 43.0 Å². The second-order valence-corrected chi connectivity index (χ2v) is 6.35. The second-order valence-electron chi connectivity index (χ2n) is 6.35. The van der Waals surface area contributed by atoms with Crippen LogP contribution in [0.2, 0.25) is 0 Å². The van der Waals surface area contributed by atoms with E-state index in [1.165, 1.54) is 6.08 Å². The van der Waals surface area contributed by atoms with E-state index < -0.39 is 0 Å². The summed E-state index contributed by atoms with van der Waals surface area (Å²) in [4.78, 5) is 29.7. The van der Waals surface area contributed by atoms with E-state index in [4.69, 9.17) is 0 Å². The summed E-state index contributed by atoms with van der Waals surface area (Å²) in [6.45, 7) is 4.73. The molecule has 0 radical (unpaired) electrons. The molecule has 1 fully saturated rings. The van der Waals surface area contributed by atoms with Crippen LogP contribution < -0.4 is 5.32 Å². The monoisotopic (exact) mass is 337 g/mol. The minimum absolute atomic E-state index is 0.00656. The van der Waals surface area contributed by atoms with E-state index in [-0.39, 0.29) is 17.7 Å². The standard InChI is InChI=1S/C18H19N5O2/c1-2-16(24)22-10-8-12(9-11-22)14-4-3-5-15-19-18(21-23(14)15)20-17(25)13-6-7-13/h2-5,8,13H,1,6-7,9-11H2,(H,20,21,25). The summed E-state index contributed by atoms with van der Waals surface area (Å²) in [5, 5.41) is 7.23. The number of amides is 2. The lowest BCUT2D eigenvalue weighted by Crippen LogP contribution is -2.33. The average molecular weight is 337 g/mol. The van der Waals surface area contributed by atoms with Gasteiger partial charge in [0.1, 0.15) is 0 Å². The molecule has 2 aliphatic rings. The van der Waals surface area contributed by atoms with Crippen molar-refractivity contribution in [1.29, 1.82) is 0 Å². The molecule has 7 nitrogen and oxygen atoms in total. The molecule has 2 aromatic rings. The Bertz CT molecular complexity index is 894. The summed E-state index contributed by atoms with van der Waals surface area (Å²) < 4.78 is 1.75. The van der Waals surface area contributed by atoms with Crippen LogP contribution in [0.25, 0.3) is 11.2 Å². The molecule has 1 aliphatic heterocycles. The summed E-state index contributed by atoms with van der Waals surface area (Å²) in [5.41, 5.74) is 2.74. The Morgan fingerprint density at radius 1 is 1.32 bits per heavy atom. The van der Waals surface area contributed by atoms with E-state index >= 15 is 0 Å². The molecule has 0 bridgehead atoms. The highest BCUT2D eigenvalue weighted by Gasteiger charge is 2.30. The fraction of sp³-hybridized carbons (Fsp3) is 0.333. The zero-order valence-electron chi connectivity index (χ0n) is 13.8.